The van der Waals surface area contributed by atoms with Crippen molar-refractivity contribution in [3.8, 4) is 0 Å². The Kier molecular flexibility index (Phi) is 3.33. The molecule has 0 bridgehead atoms. The highest BCUT2D eigenvalue weighted by atomic mass is 16.4. The van der Waals surface area contributed by atoms with Gasteiger partial charge in [0.2, 0.25) is 0 Å². The van der Waals surface area contributed by atoms with Crippen molar-refractivity contribution in [3.63, 3.8) is 0 Å². The van der Waals surface area contributed by atoms with Gasteiger partial charge in [-0.25, -0.2) is 0 Å². The molecular weight excluding hydrogens is 226 g/mol. The average molecular weight is 241 g/mol. The van der Waals surface area contributed by atoms with E-state index in [0.29, 0.717) is 5.69 Å². The molecule has 0 aliphatic carbocycles. The molecule has 0 saturated carbocycles. The van der Waals surface area contributed by atoms with E-state index in [2.05, 4.69) is 0 Å². The van der Waals surface area contributed by atoms with Crippen molar-refractivity contribution in [2.45, 2.75) is 12.8 Å². The van der Waals surface area contributed by atoms with E-state index in [1.807, 2.05) is 31.2 Å². The van der Waals surface area contributed by atoms with Gasteiger partial charge in [0.25, 0.3) is 0 Å². The molecule has 2 aromatic carbocycles. The molecule has 18 heavy (non-hydrogen) atoms. The number of rotatable bonds is 3. The molecule has 0 heterocycles. The molecule has 92 valence electrons. The van der Waals surface area contributed by atoms with Crippen LogP contribution in [0.3, 0.4) is 0 Å². The Bertz CT molecular complexity index is 561. The topological polar surface area (TPSA) is 63.3 Å². The Labute approximate surface area is 106 Å². The quantitative estimate of drug-likeness (QED) is 0.812. The number of hydrogen-bond acceptors (Lipinski definition) is 2. The zero-order valence-electron chi connectivity index (χ0n) is 10.1. The highest BCUT2D eigenvalue weighted by Crippen LogP contribution is 2.27. The lowest BCUT2D eigenvalue weighted by Crippen LogP contribution is -2.14. The van der Waals surface area contributed by atoms with Gasteiger partial charge in [0.15, 0.2) is 0 Å². The molecule has 3 N–H and O–H groups in total. The summed E-state index contributed by atoms with van der Waals surface area (Å²) in [5, 5.41) is 9.44. The van der Waals surface area contributed by atoms with Crippen LogP contribution in [0.15, 0.2) is 48.5 Å². The van der Waals surface area contributed by atoms with Gasteiger partial charge in [-0.15, -0.1) is 0 Å². The third-order valence-corrected chi connectivity index (χ3v) is 3.02. The molecule has 1 atom stereocenters. The summed E-state index contributed by atoms with van der Waals surface area (Å²) in [6.07, 6.45) is 0. The summed E-state index contributed by atoms with van der Waals surface area (Å²) in [7, 11) is 0. The van der Waals surface area contributed by atoms with Crippen LogP contribution in [-0.4, -0.2) is 11.1 Å². The summed E-state index contributed by atoms with van der Waals surface area (Å²) in [6, 6.07) is 14.5. The maximum absolute atomic E-state index is 11.5. The number of benzene rings is 2. The molecule has 1 unspecified atom stereocenters. The Morgan fingerprint density at radius 1 is 1.11 bits per heavy atom. The monoisotopic (exact) mass is 241 g/mol. The Hall–Kier alpha value is -2.29. The summed E-state index contributed by atoms with van der Waals surface area (Å²) in [5.74, 6) is -1.50. The Morgan fingerprint density at radius 2 is 1.72 bits per heavy atom. The number of aryl methyl sites for hydroxylation is 1. The summed E-state index contributed by atoms with van der Waals surface area (Å²) in [6.45, 7) is 1.92. The number of aliphatic carboxylic acids is 1. The van der Waals surface area contributed by atoms with Crippen LogP contribution in [0.25, 0.3) is 0 Å². The minimum absolute atomic E-state index is 0.632. The van der Waals surface area contributed by atoms with E-state index in [1.165, 1.54) is 0 Å². The zero-order chi connectivity index (χ0) is 13.1. The third-order valence-electron chi connectivity index (χ3n) is 3.02. The van der Waals surface area contributed by atoms with Crippen LogP contribution in [0.5, 0.6) is 0 Å². The van der Waals surface area contributed by atoms with Gasteiger partial charge in [0.1, 0.15) is 5.92 Å². The van der Waals surface area contributed by atoms with Crippen molar-refractivity contribution in [2.24, 2.45) is 0 Å². The summed E-state index contributed by atoms with van der Waals surface area (Å²) in [4.78, 5) is 11.5. The maximum Gasteiger partial charge on any atom is 0.315 e. The number of nitrogen functional groups attached to an aromatic ring is 1. The molecule has 0 saturated heterocycles. The van der Waals surface area contributed by atoms with E-state index in [1.54, 1.807) is 24.3 Å². The van der Waals surface area contributed by atoms with Crippen molar-refractivity contribution in [3.05, 3.63) is 65.2 Å². The summed E-state index contributed by atoms with van der Waals surface area (Å²) < 4.78 is 0. The number of carboxylic acids is 1. The molecule has 3 nitrogen and oxygen atoms in total. The maximum atomic E-state index is 11.5. The number of nitrogens with two attached hydrogens (primary N) is 1. The Balaban J connectivity index is 2.50. The second-order valence-electron chi connectivity index (χ2n) is 4.29. The van der Waals surface area contributed by atoms with E-state index in [9.17, 15) is 9.90 Å². The minimum Gasteiger partial charge on any atom is -0.481 e. The van der Waals surface area contributed by atoms with Crippen molar-refractivity contribution in [2.75, 3.05) is 5.73 Å². The number of hydrogen-bond donors (Lipinski definition) is 2. The second kappa shape index (κ2) is 4.92. The number of carbonyl (C=O) groups is 1. The van der Waals surface area contributed by atoms with E-state index in [0.717, 1.165) is 16.7 Å². The van der Waals surface area contributed by atoms with Gasteiger partial charge in [0, 0.05) is 5.69 Å². The SMILES string of the molecule is Cc1ccccc1C(C(=O)O)c1ccc(N)cc1. The van der Waals surface area contributed by atoms with E-state index in [4.69, 9.17) is 5.73 Å². The fourth-order valence-corrected chi connectivity index (χ4v) is 2.05. The van der Waals surface area contributed by atoms with Gasteiger partial charge < -0.3 is 10.8 Å². The first-order valence-electron chi connectivity index (χ1n) is 5.73. The lowest BCUT2D eigenvalue weighted by molar-refractivity contribution is -0.137. The van der Waals surface area contributed by atoms with Gasteiger partial charge in [0.05, 0.1) is 0 Å². The molecule has 0 aromatic heterocycles. The Morgan fingerprint density at radius 3 is 2.28 bits per heavy atom. The van der Waals surface area contributed by atoms with Gasteiger partial charge in [-0.2, -0.15) is 0 Å². The van der Waals surface area contributed by atoms with E-state index < -0.39 is 11.9 Å². The minimum atomic E-state index is -0.853. The molecule has 3 heteroatoms. The molecule has 2 rings (SSSR count). The van der Waals surface area contributed by atoms with E-state index in [-0.39, 0.29) is 0 Å². The van der Waals surface area contributed by atoms with Crippen LogP contribution >= 0.6 is 0 Å². The highest BCUT2D eigenvalue weighted by molar-refractivity contribution is 5.81. The molecule has 0 fully saturated rings. The van der Waals surface area contributed by atoms with Crippen molar-refractivity contribution in [1.82, 2.24) is 0 Å². The van der Waals surface area contributed by atoms with Crippen LogP contribution in [-0.2, 0) is 4.79 Å². The molecule has 0 spiro atoms. The van der Waals surface area contributed by atoms with Gasteiger partial charge in [-0.05, 0) is 35.7 Å². The van der Waals surface area contributed by atoms with Crippen LogP contribution in [0.4, 0.5) is 5.69 Å². The van der Waals surface area contributed by atoms with Crippen LogP contribution in [0.2, 0.25) is 0 Å². The van der Waals surface area contributed by atoms with Gasteiger partial charge in [-0.1, -0.05) is 36.4 Å². The van der Waals surface area contributed by atoms with Crippen LogP contribution < -0.4 is 5.73 Å². The number of carboxylic acid groups (broad SMARTS) is 1. The molecule has 2 aromatic rings. The highest BCUT2D eigenvalue weighted by Gasteiger charge is 2.23. The fourth-order valence-electron chi connectivity index (χ4n) is 2.05. The average Bonchev–Trinajstić information content (AvgIpc) is 2.34. The van der Waals surface area contributed by atoms with E-state index >= 15 is 0 Å². The first-order chi connectivity index (χ1) is 8.59. The van der Waals surface area contributed by atoms with Gasteiger partial charge in [-0.3, -0.25) is 4.79 Å². The zero-order valence-corrected chi connectivity index (χ0v) is 10.1. The molecular formula is C15H15NO2. The standard InChI is InChI=1S/C15H15NO2/c1-10-4-2-3-5-13(10)14(15(17)18)11-6-8-12(16)9-7-11/h2-9,14H,16H2,1H3,(H,17,18). The first-order valence-corrected chi connectivity index (χ1v) is 5.73. The molecule has 0 aliphatic heterocycles. The molecule has 0 radical (unpaired) electrons. The molecule has 0 amide bonds. The third kappa shape index (κ3) is 2.35. The first kappa shape index (κ1) is 12.2. The van der Waals surface area contributed by atoms with Crippen molar-refractivity contribution < 1.29 is 9.90 Å². The lowest BCUT2D eigenvalue weighted by Gasteiger charge is -2.15. The second-order valence-corrected chi connectivity index (χ2v) is 4.29. The molecule has 0 aliphatic rings. The summed E-state index contributed by atoms with van der Waals surface area (Å²) >= 11 is 0. The van der Waals surface area contributed by atoms with Crippen LogP contribution in [0.1, 0.15) is 22.6 Å². The lowest BCUT2D eigenvalue weighted by atomic mass is 9.88. The van der Waals surface area contributed by atoms with Crippen molar-refractivity contribution in [1.29, 1.82) is 0 Å². The predicted octanol–water partition coefficient (Wildman–Crippen LogP) is 2.79. The summed E-state index contributed by atoms with van der Waals surface area (Å²) in [5.41, 5.74) is 8.79. The predicted molar refractivity (Wildman–Crippen MR) is 71.5 cm³/mol. The smallest absolute Gasteiger partial charge is 0.315 e. The fraction of sp³-hybridized carbons (Fsp3) is 0.133. The normalized spacial score (nSPS) is 12.1. The number of anilines is 1. The van der Waals surface area contributed by atoms with Crippen LogP contribution in [0, 0.1) is 6.92 Å². The van der Waals surface area contributed by atoms with Gasteiger partial charge >= 0.3 is 5.97 Å². The largest absolute Gasteiger partial charge is 0.481 e. The van der Waals surface area contributed by atoms with Crippen molar-refractivity contribution >= 4 is 11.7 Å².